The molecule has 2 fully saturated rings. The van der Waals surface area contributed by atoms with Gasteiger partial charge in [0.25, 0.3) is 11.6 Å². The second-order valence-electron chi connectivity index (χ2n) is 9.41. The number of aliphatic hydroxyl groups excluding tert-OH is 1. The fourth-order valence-corrected chi connectivity index (χ4v) is 7.02. The molecule has 4 heterocycles. The average Bonchev–Trinajstić information content (AvgIpc) is 3.37. The number of nitrogens with zero attached hydrogens (tertiary/aromatic N) is 7. The van der Waals surface area contributed by atoms with Crippen LogP contribution in [0.15, 0.2) is 16.4 Å². The van der Waals surface area contributed by atoms with Crippen LogP contribution in [-0.4, -0.2) is 142 Å². The Kier molecular flexibility index (Phi) is 9.09. The number of hydrogen-bond acceptors (Lipinski definition) is 13. The molecule has 20 heteroatoms. The summed E-state index contributed by atoms with van der Waals surface area (Å²) < 4.78 is 6.84. The summed E-state index contributed by atoms with van der Waals surface area (Å²) in [6.07, 6.45) is -1.50. The van der Waals surface area contributed by atoms with Gasteiger partial charge in [0.15, 0.2) is 0 Å². The van der Waals surface area contributed by atoms with E-state index in [1.807, 2.05) is 0 Å². The molecule has 0 bridgehead atoms. The molecular formula is C22H29N9O9S2. The molecular weight excluding hydrogens is 598 g/mol. The maximum atomic E-state index is 13.4. The van der Waals surface area contributed by atoms with E-state index in [1.165, 1.54) is 28.3 Å². The standard InChI is InChI=1S/C22H29N9O9S2/c1-5-29-6-7-30(16(35)15(29)34)20(39)23-12(10(2)32)14(33)24-22(40-4)18(38)31-13(17(36)37)11(8-41-19(22)31)9-42-21-25-26-27-28(21)3/h10,12,19,32H,5-9H2,1-4H3,(H,23,39)(H,24,33)(H,36,37)/t10-,12+,19-,22+/m1/s1. The summed E-state index contributed by atoms with van der Waals surface area (Å²) >= 11 is 2.33. The van der Waals surface area contributed by atoms with Gasteiger partial charge in [-0.2, -0.15) is 0 Å². The number of carboxylic acid groups (broad SMARTS) is 1. The van der Waals surface area contributed by atoms with E-state index in [0.29, 0.717) is 15.6 Å². The van der Waals surface area contributed by atoms with Gasteiger partial charge in [0, 0.05) is 45.3 Å². The van der Waals surface area contributed by atoms with Crippen molar-refractivity contribution in [3.05, 3.63) is 11.3 Å². The van der Waals surface area contributed by atoms with Crippen LogP contribution in [0.3, 0.4) is 0 Å². The number of β-lactam (4-membered cyclic amide) rings is 1. The number of carbonyl (C=O) groups excluding carboxylic acids is 5. The number of imide groups is 1. The number of aliphatic carboxylic acids is 1. The summed E-state index contributed by atoms with van der Waals surface area (Å²) in [6.45, 7) is 3.15. The van der Waals surface area contributed by atoms with Gasteiger partial charge in [0.2, 0.25) is 11.1 Å². The highest BCUT2D eigenvalue weighted by molar-refractivity contribution is 8.01. The monoisotopic (exact) mass is 627 g/mol. The predicted octanol–water partition coefficient (Wildman–Crippen LogP) is -2.84. The van der Waals surface area contributed by atoms with Crippen LogP contribution in [0.4, 0.5) is 4.79 Å². The number of aliphatic hydroxyl groups is 1. The van der Waals surface area contributed by atoms with Crippen molar-refractivity contribution in [2.75, 3.05) is 38.2 Å². The minimum Gasteiger partial charge on any atom is -0.477 e. The van der Waals surface area contributed by atoms with Gasteiger partial charge in [-0.1, -0.05) is 11.8 Å². The van der Waals surface area contributed by atoms with Crippen molar-refractivity contribution in [1.29, 1.82) is 0 Å². The van der Waals surface area contributed by atoms with Crippen LogP contribution < -0.4 is 10.6 Å². The van der Waals surface area contributed by atoms with Crippen molar-refractivity contribution in [3.8, 4) is 0 Å². The Bertz CT molecular complexity index is 1350. The minimum atomic E-state index is -2.01. The van der Waals surface area contributed by atoms with E-state index in [9.17, 15) is 39.0 Å². The normalized spacial score (nSPS) is 23.8. The van der Waals surface area contributed by atoms with Crippen LogP contribution in [-0.2, 0) is 35.8 Å². The predicted molar refractivity (Wildman–Crippen MR) is 143 cm³/mol. The summed E-state index contributed by atoms with van der Waals surface area (Å²) in [5.74, 6) is -4.87. The molecule has 0 aromatic carbocycles. The first-order valence-electron chi connectivity index (χ1n) is 12.6. The second-order valence-corrected chi connectivity index (χ2v) is 11.4. The fourth-order valence-electron chi connectivity index (χ4n) is 4.60. The number of nitrogens with one attached hydrogen (secondary N) is 2. The summed E-state index contributed by atoms with van der Waals surface area (Å²) in [4.78, 5) is 79.3. The van der Waals surface area contributed by atoms with E-state index in [1.54, 1.807) is 14.0 Å². The molecule has 0 aliphatic carbocycles. The summed E-state index contributed by atoms with van der Waals surface area (Å²) in [7, 11) is 2.78. The van der Waals surface area contributed by atoms with Gasteiger partial charge in [-0.05, 0) is 29.8 Å². The third-order valence-corrected chi connectivity index (χ3v) is 9.35. The van der Waals surface area contributed by atoms with Gasteiger partial charge in [-0.15, -0.1) is 16.9 Å². The Labute approximate surface area is 247 Å². The van der Waals surface area contributed by atoms with Crippen LogP contribution in [0.5, 0.6) is 0 Å². The number of aromatic nitrogens is 4. The molecule has 228 valence electrons. The lowest BCUT2D eigenvalue weighted by Crippen LogP contribution is -2.81. The molecule has 3 aliphatic rings. The number of thioether (sulfide) groups is 2. The van der Waals surface area contributed by atoms with E-state index >= 15 is 0 Å². The molecule has 4 N–H and O–H groups in total. The molecule has 0 unspecified atom stereocenters. The number of carbonyl (C=O) groups is 6. The third kappa shape index (κ3) is 5.41. The molecule has 0 saturated carbocycles. The zero-order valence-corrected chi connectivity index (χ0v) is 24.6. The Balaban J connectivity index is 1.49. The number of ether oxygens (including phenoxy) is 1. The van der Waals surface area contributed by atoms with Crippen molar-refractivity contribution in [3.63, 3.8) is 0 Å². The largest absolute Gasteiger partial charge is 0.477 e. The minimum absolute atomic E-state index is 0.103. The molecule has 1 aromatic rings. The van der Waals surface area contributed by atoms with Gasteiger partial charge in [-0.25, -0.2) is 14.3 Å². The highest BCUT2D eigenvalue weighted by Gasteiger charge is 2.67. The lowest BCUT2D eigenvalue weighted by Gasteiger charge is -2.56. The molecule has 3 aliphatic heterocycles. The molecule has 4 rings (SSSR count). The Hall–Kier alpha value is -3.75. The molecule has 4 atom stereocenters. The maximum absolute atomic E-state index is 13.4. The number of likely N-dealkylation sites (N-methyl/N-ethyl adjacent to an activating group) is 1. The third-order valence-electron chi connectivity index (χ3n) is 6.88. The molecule has 6 amide bonds. The van der Waals surface area contributed by atoms with E-state index in [0.717, 1.165) is 23.8 Å². The zero-order chi connectivity index (χ0) is 30.9. The molecule has 18 nitrogen and oxygen atoms in total. The Morgan fingerprint density at radius 2 is 1.95 bits per heavy atom. The van der Waals surface area contributed by atoms with Gasteiger partial charge in [0.05, 0.1) is 6.10 Å². The molecule has 42 heavy (non-hydrogen) atoms. The number of hydrogen-bond donors (Lipinski definition) is 4. The van der Waals surface area contributed by atoms with Crippen molar-refractivity contribution in [2.24, 2.45) is 7.05 Å². The first-order valence-corrected chi connectivity index (χ1v) is 14.6. The maximum Gasteiger partial charge on any atom is 0.352 e. The summed E-state index contributed by atoms with van der Waals surface area (Å²) in [5.41, 5.74) is -1.84. The first-order chi connectivity index (χ1) is 19.9. The number of piperazine rings is 1. The fraction of sp³-hybridized carbons (Fsp3) is 0.591. The summed E-state index contributed by atoms with van der Waals surface area (Å²) in [5, 5.41) is 35.5. The Morgan fingerprint density at radius 1 is 1.24 bits per heavy atom. The lowest BCUT2D eigenvalue weighted by atomic mass is 9.97. The van der Waals surface area contributed by atoms with E-state index in [-0.39, 0.29) is 36.8 Å². The van der Waals surface area contributed by atoms with Gasteiger partial charge in [0.1, 0.15) is 17.1 Å². The molecule has 0 spiro atoms. The number of methoxy groups -OCH3 is 1. The van der Waals surface area contributed by atoms with Crippen LogP contribution in [0.1, 0.15) is 13.8 Å². The number of aryl methyl sites for hydroxylation is 1. The Morgan fingerprint density at radius 3 is 2.52 bits per heavy atom. The second kappa shape index (κ2) is 12.2. The number of tetrazole rings is 1. The van der Waals surface area contributed by atoms with Gasteiger partial charge < -0.3 is 30.5 Å². The number of amides is 6. The van der Waals surface area contributed by atoms with Crippen LogP contribution in [0.25, 0.3) is 0 Å². The highest BCUT2D eigenvalue weighted by Crippen LogP contribution is 2.47. The molecule has 1 aromatic heterocycles. The molecule has 0 radical (unpaired) electrons. The topological polar surface area (TPSA) is 229 Å². The number of rotatable bonds is 10. The van der Waals surface area contributed by atoms with Crippen LogP contribution in [0, 0.1) is 0 Å². The van der Waals surface area contributed by atoms with Crippen molar-refractivity contribution >= 4 is 59.2 Å². The number of carboxylic acids is 1. The van der Waals surface area contributed by atoms with Gasteiger partial charge >= 0.3 is 23.8 Å². The van der Waals surface area contributed by atoms with E-state index < -0.39 is 58.9 Å². The lowest BCUT2D eigenvalue weighted by molar-refractivity contribution is -0.193. The van der Waals surface area contributed by atoms with E-state index in [4.69, 9.17) is 4.74 Å². The van der Waals surface area contributed by atoms with Crippen LogP contribution >= 0.6 is 23.5 Å². The number of fused-ring (bicyclic) bond motifs is 1. The molecule has 2 saturated heterocycles. The van der Waals surface area contributed by atoms with Crippen molar-refractivity contribution < 1.29 is 43.7 Å². The average molecular weight is 628 g/mol. The van der Waals surface area contributed by atoms with E-state index in [2.05, 4.69) is 26.2 Å². The van der Waals surface area contributed by atoms with Crippen molar-refractivity contribution in [1.82, 2.24) is 45.5 Å². The quantitative estimate of drug-likeness (QED) is 0.0887. The SMILES string of the molecule is CCN1CCN(C(=O)N[C@H](C(=O)N[C@]2(OC)C(=O)N3C(C(=O)O)=C(CSc4nnnn4C)CS[C@@H]32)[C@@H](C)O)C(=O)C1=O. The van der Waals surface area contributed by atoms with Gasteiger partial charge in [-0.3, -0.25) is 29.0 Å². The summed E-state index contributed by atoms with van der Waals surface area (Å²) in [6, 6.07) is -2.74. The van der Waals surface area contributed by atoms with Crippen molar-refractivity contribution in [2.45, 2.75) is 42.2 Å². The highest BCUT2D eigenvalue weighted by atomic mass is 32.2. The smallest absolute Gasteiger partial charge is 0.352 e. The first kappa shape index (κ1) is 31.2. The number of urea groups is 1. The van der Waals surface area contributed by atoms with Crippen LogP contribution in [0.2, 0.25) is 0 Å². The zero-order valence-electron chi connectivity index (χ0n) is 23.0.